The smallest absolute Gasteiger partial charge is 0.305 e. The maximum absolute atomic E-state index is 13.7. The summed E-state index contributed by atoms with van der Waals surface area (Å²) >= 11 is 0. The molecule has 0 radical (unpaired) electrons. The quantitative estimate of drug-likeness (QED) is 0.0184. The fourth-order valence-electron chi connectivity index (χ4n) is 12.2. The number of esters is 3. The molecule has 0 spiro atoms. The first kappa shape index (κ1) is 64.6. The van der Waals surface area contributed by atoms with Crippen LogP contribution in [-0.4, -0.2) is 62.1 Å². The molecule has 0 unspecified atom stereocenters. The van der Waals surface area contributed by atoms with Gasteiger partial charge in [0.1, 0.15) is 89.3 Å². The summed E-state index contributed by atoms with van der Waals surface area (Å²) in [5.41, 5.74) is 4.38. The molecule has 0 fully saturated rings. The summed E-state index contributed by atoms with van der Waals surface area (Å²) in [7, 11) is -6.15. The highest BCUT2D eigenvalue weighted by molar-refractivity contribution is 7.96. The summed E-state index contributed by atoms with van der Waals surface area (Å²) < 4.78 is 17.7. The Morgan fingerprint density at radius 3 is 0.591 bits per heavy atom. The Hall–Kier alpha value is -7.85. The maximum atomic E-state index is 13.7. The maximum Gasteiger partial charge on any atom is 0.305 e. The second-order valence-corrected chi connectivity index (χ2v) is 33.5. The lowest BCUT2D eigenvalue weighted by Gasteiger charge is -2.29. The number of amides is 1. The van der Waals surface area contributed by atoms with Crippen LogP contribution in [0, 0.1) is 5.41 Å². The number of hydrogen-bond donors (Lipinski definition) is 1. The molecule has 0 atom stereocenters. The Morgan fingerprint density at radius 2 is 0.432 bits per heavy atom. The normalized spacial score (nSPS) is 11.8. The van der Waals surface area contributed by atoms with Gasteiger partial charge in [-0.25, -0.2) is 0 Å². The molecule has 11 heteroatoms. The molecule has 0 heterocycles. The van der Waals surface area contributed by atoms with E-state index in [2.05, 4.69) is 273 Å². The van der Waals surface area contributed by atoms with Crippen LogP contribution in [0.2, 0.25) is 0 Å². The van der Waals surface area contributed by atoms with Crippen LogP contribution in [0.15, 0.2) is 273 Å². The topological polar surface area (TPSA) is 122 Å². The molecule has 88 heavy (non-hydrogen) atoms. The van der Waals surface area contributed by atoms with E-state index in [1.54, 1.807) is 0 Å². The van der Waals surface area contributed by atoms with Crippen molar-refractivity contribution in [2.24, 2.45) is 11.1 Å². The van der Waals surface area contributed by atoms with Gasteiger partial charge in [-0.3, -0.25) is 19.2 Å². The van der Waals surface area contributed by atoms with E-state index >= 15 is 0 Å². The lowest BCUT2D eigenvalue weighted by molar-refractivity contribution is -0.166. The van der Waals surface area contributed by atoms with Crippen LogP contribution < -0.4 is 53.5 Å². The fourth-order valence-corrected chi connectivity index (χ4v) is 25.5. The zero-order valence-electron chi connectivity index (χ0n) is 50.5. The van der Waals surface area contributed by atoms with E-state index in [0.717, 1.165) is 57.0 Å². The molecule has 1 amide bonds. The van der Waals surface area contributed by atoms with Gasteiger partial charge in [0.15, 0.2) is 5.41 Å². The number of carbonyl (C=O) groups excluding carboxylic acids is 4. The van der Waals surface area contributed by atoms with E-state index in [9.17, 15) is 19.2 Å². The Bertz CT molecular complexity index is 2880. The summed E-state index contributed by atoms with van der Waals surface area (Å²) in [4.78, 5) is 54.9. The molecule has 0 aliphatic carbocycles. The van der Waals surface area contributed by atoms with Gasteiger partial charge < -0.3 is 19.9 Å². The number of primary amides is 1. The third kappa shape index (κ3) is 16.3. The van der Waals surface area contributed by atoms with Gasteiger partial charge in [0, 0.05) is 19.3 Å². The van der Waals surface area contributed by atoms with E-state index in [1.807, 2.05) is 0 Å². The van der Waals surface area contributed by atoms with E-state index in [4.69, 9.17) is 19.9 Å². The van der Waals surface area contributed by atoms with Gasteiger partial charge in [0.25, 0.3) is 0 Å². The van der Waals surface area contributed by atoms with Crippen molar-refractivity contribution in [3.05, 3.63) is 273 Å². The summed E-state index contributed by atoms with van der Waals surface area (Å²) in [5.74, 6) is -2.44. The van der Waals surface area contributed by atoms with Gasteiger partial charge in [-0.1, -0.05) is 164 Å². The third-order valence-corrected chi connectivity index (χ3v) is 30.5. The van der Waals surface area contributed by atoms with Crippen molar-refractivity contribution in [2.45, 2.75) is 77.0 Å². The molecule has 9 rings (SSSR count). The number of hydrogen-bond acceptors (Lipinski definition) is 7. The molecule has 2 N–H and O–H groups in total. The van der Waals surface area contributed by atoms with Gasteiger partial charge in [-0.05, 0) is 167 Å². The molecular formula is C77H83NO7P3+3. The van der Waals surface area contributed by atoms with E-state index in [-0.39, 0.29) is 19.3 Å². The van der Waals surface area contributed by atoms with Crippen molar-refractivity contribution < 1.29 is 33.4 Å². The predicted molar refractivity (Wildman–Crippen MR) is 370 cm³/mol. The Kier molecular flexibility index (Phi) is 24.2. The molecule has 0 aromatic heterocycles. The summed E-state index contributed by atoms with van der Waals surface area (Å²) in [6.45, 7) is -1.54. The number of carbonyl (C=O) groups is 4. The summed E-state index contributed by atoms with van der Waals surface area (Å²) in [6.07, 6.45) is 9.60. The molecule has 0 aliphatic heterocycles. The minimum absolute atomic E-state index is 0.104. The van der Waals surface area contributed by atoms with Gasteiger partial charge in [-0.2, -0.15) is 0 Å². The standard InChI is InChI=1S/C77H82NO7P3/c78-76(82)77(61-83-73(79)55-31-10-34-58-86(64-37-13-1-14-38-64,65-39-15-2-16-40-65)66-41-17-3-18-42-66,62-84-74(80)56-32-11-35-59-87(67-43-19-4-20-44-67,68-45-21-5-22-46-68)69-47-23-6-24-48-69)63-85-75(81)57-33-12-36-60-88(70-49-25-7-26-50-70,71-51-27-8-28-52-71)72-53-29-9-30-54-72/h1-9,13-30,37-54H,10-12,31-36,55-63H2,(H-,78,82)/q+2/p+1. The molecule has 0 saturated carbocycles. The average molecular weight is 1230 g/mol. The van der Waals surface area contributed by atoms with Gasteiger partial charge in [0.05, 0.1) is 18.5 Å². The van der Waals surface area contributed by atoms with Crippen LogP contribution in [0.3, 0.4) is 0 Å². The van der Waals surface area contributed by atoms with Crippen LogP contribution >= 0.6 is 21.8 Å². The fraction of sp³-hybridized carbons (Fsp3) is 0.247. The second-order valence-electron chi connectivity index (χ2n) is 22.7. The number of rotatable bonds is 34. The van der Waals surface area contributed by atoms with E-state index < -0.39 is 70.8 Å². The van der Waals surface area contributed by atoms with Gasteiger partial charge in [0.2, 0.25) is 5.91 Å². The second kappa shape index (κ2) is 32.9. The SMILES string of the molecule is NC(=O)C(COC(=O)CCCCC[P+](c1ccccc1)(c1ccccc1)c1ccccc1)(COC(=O)CCCCC[P+](c1ccccc1)(c1ccccc1)c1ccccc1)COC(=O)CCCCC[P+](c1ccccc1)(c1ccccc1)c1ccccc1. The Morgan fingerprint density at radius 1 is 0.261 bits per heavy atom. The van der Waals surface area contributed by atoms with Crippen LogP contribution in [0.25, 0.3) is 0 Å². The van der Waals surface area contributed by atoms with Crippen molar-refractivity contribution in [3.63, 3.8) is 0 Å². The molecule has 9 aromatic rings. The molecule has 0 bridgehead atoms. The van der Waals surface area contributed by atoms with Crippen molar-refractivity contribution >= 4 is 93.3 Å². The number of benzene rings is 9. The molecule has 9 aromatic carbocycles. The highest BCUT2D eigenvalue weighted by Crippen LogP contribution is 2.58. The molecule has 450 valence electrons. The third-order valence-electron chi connectivity index (χ3n) is 16.9. The van der Waals surface area contributed by atoms with Crippen LogP contribution in [-0.2, 0) is 33.4 Å². The predicted octanol–water partition coefficient (Wildman–Crippen LogP) is 12.8. The van der Waals surface area contributed by atoms with Crippen molar-refractivity contribution in [3.8, 4) is 0 Å². The van der Waals surface area contributed by atoms with Gasteiger partial charge in [-0.15, -0.1) is 0 Å². The van der Waals surface area contributed by atoms with Crippen LogP contribution in [0.4, 0.5) is 0 Å². The minimum Gasteiger partial charge on any atom is -0.464 e. The average Bonchev–Trinajstić information content (AvgIpc) is 2.31. The van der Waals surface area contributed by atoms with E-state index in [0.29, 0.717) is 19.3 Å². The van der Waals surface area contributed by atoms with Crippen LogP contribution in [0.5, 0.6) is 0 Å². The monoisotopic (exact) mass is 1230 g/mol. The van der Waals surface area contributed by atoms with Crippen molar-refractivity contribution in [1.82, 2.24) is 0 Å². The first-order chi connectivity index (χ1) is 43.2. The largest absolute Gasteiger partial charge is 0.464 e. The first-order valence-corrected chi connectivity index (χ1v) is 37.0. The molecular weight excluding hydrogens is 1140 g/mol. The number of unbranched alkanes of at least 4 members (excludes halogenated alkanes) is 6. The molecule has 0 aliphatic rings. The van der Waals surface area contributed by atoms with E-state index in [1.165, 1.54) is 47.7 Å². The Labute approximate surface area is 523 Å². The van der Waals surface area contributed by atoms with Gasteiger partial charge >= 0.3 is 17.9 Å². The number of nitrogens with two attached hydrogens (primary N) is 1. The highest BCUT2D eigenvalue weighted by Gasteiger charge is 2.48. The molecule has 0 saturated heterocycles. The summed E-state index contributed by atoms with van der Waals surface area (Å²) in [5, 5.41) is 11.7. The Balaban J connectivity index is 0.838. The number of ether oxygens (including phenoxy) is 3. The first-order valence-electron chi connectivity index (χ1n) is 31.1. The zero-order valence-corrected chi connectivity index (χ0v) is 53.2. The zero-order chi connectivity index (χ0) is 61.2. The van der Waals surface area contributed by atoms with Crippen LogP contribution in [0.1, 0.15) is 77.0 Å². The van der Waals surface area contributed by atoms with Crippen molar-refractivity contribution in [2.75, 3.05) is 38.3 Å². The summed E-state index contributed by atoms with van der Waals surface area (Å²) in [6, 6.07) is 96.6. The van der Waals surface area contributed by atoms with Crippen molar-refractivity contribution in [1.29, 1.82) is 0 Å². The lowest BCUT2D eigenvalue weighted by Crippen LogP contribution is -2.49. The molecule has 8 nitrogen and oxygen atoms in total. The lowest BCUT2D eigenvalue weighted by atomic mass is 9.90. The minimum atomic E-state index is -2.05. The highest BCUT2D eigenvalue weighted by atomic mass is 31.2.